The quantitative estimate of drug-likeness (QED) is 0.709. The molecule has 0 bridgehead atoms. The van der Waals surface area contributed by atoms with Crippen LogP contribution in [0.1, 0.15) is 52.9 Å². The summed E-state index contributed by atoms with van der Waals surface area (Å²) in [5, 5.41) is 0. The number of carbonyl (C=O) groups excluding carboxylic acids is 1. The molecule has 100 valence electrons. The van der Waals surface area contributed by atoms with Crippen LogP contribution in [0, 0.1) is 5.92 Å². The van der Waals surface area contributed by atoms with Crippen LogP contribution >= 0.6 is 0 Å². The third-order valence-corrected chi connectivity index (χ3v) is 4.21. The number of methoxy groups -OCH3 is 1. The molecular formula is C14H27NO2. The van der Waals surface area contributed by atoms with Crippen LogP contribution in [-0.4, -0.2) is 36.6 Å². The Labute approximate surface area is 106 Å². The van der Waals surface area contributed by atoms with E-state index in [0.29, 0.717) is 6.04 Å². The van der Waals surface area contributed by atoms with Crippen LogP contribution in [0.5, 0.6) is 0 Å². The Bertz CT molecular complexity index is 242. The molecule has 0 aliphatic carbocycles. The van der Waals surface area contributed by atoms with Crippen molar-refractivity contribution in [3.63, 3.8) is 0 Å². The van der Waals surface area contributed by atoms with Crippen LogP contribution in [0.2, 0.25) is 0 Å². The lowest BCUT2D eigenvalue weighted by Crippen LogP contribution is -2.46. The molecule has 0 aromatic rings. The van der Waals surface area contributed by atoms with Crippen molar-refractivity contribution < 1.29 is 9.53 Å². The van der Waals surface area contributed by atoms with E-state index in [4.69, 9.17) is 4.74 Å². The lowest BCUT2D eigenvalue weighted by molar-refractivity contribution is -0.147. The highest BCUT2D eigenvalue weighted by Crippen LogP contribution is 2.24. The highest BCUT2D eigenvalue weighted by molar-refractivity contribution is 5.72. The minimum Gasteiger partial charge on any atom is -0.469 e. The number of nitrogens with zero attached hydrogens (tertiary/aromatic N) is 1. The molecule has 1 heterocycles. The first kappa shape index (κ1) is 14.5. The van der Waals surface area contributed by atoms with Gasteiger partial charge >= 0.3 is 5.97 Å². The second kappa shape index (κ2) is 7.00. The SMILES string of the molecule is CCC1CCCCCN1C(C)C(C)C(=O)OC. The van der Waals surface area contributed by atoms with Crippen molar-refractivity contribution in [3.05, 3.63) is 0 Å². The molecule has 1 fully saturated rings. The van der Waals surface area contributed by atoms with Gasteiger partial charge in [0.2, 0.25) is 0 Å². The van der Waals surface area contributed by atoms with E-state index in [0.717, 1.165) is 6.54 Å². The maximum Gasteiger partial charge on any atom is 0.309 e. The zero-order valence-electron chi connectivity index (χ0n) is 11.7. The molecule has 0 aromatic heterocycles. The van der Waals surface area contributed by atoms with Gasteiger partial charge in [-0.2, -0.15) is 0 Å². The number of ether oxygens (including phenoxy) is 1. The van der Waals surface area contributed by atoms with Gasteiger partial charge in [-0.3, -0.25) is 9.69 Å². The summed E-state index contributed by atoms with van der Waals surface area (Å²) in [6.45, 7) is 7.52. The van der Waals surface area contributed by atoms with Crippen LogP contribution in [0.4, 0.5) is 0 Å². The molecule has 0 saturated carbocycles. The van der Waals surface area contributed by atoms with Gasteiger partial charge in [0.25, 0.3) is 0 Å². The Kier molecular flexibility index (Phi) is 5.96. The maximum atomic E-state index is 11.6. The van der Waals surface area contributed by atoms with E-state index in [1.165, 1.54) is 39.2 Å². The van der Waals surface area contributed by atoms with Crippen LogP contribution in [0.3, 0.4) is 0 Å². The molecule has 17 heavy (non-hydrogen) atoms. The van der Waals surface area contributed by atoms with Gasteiger partial charge < -0.3 is 4.74 Å². The fourth-order valence-electron chi connectivity index (χ4n) is 2.84. The van der Waals surface area contributed by atoms with Gasteiger partial charge in [0.05, 0.1) is 13.0 Å². The van der Waals surface area contributed by atoms with E-state index in [9.17, 15) is 4.79 Å². The lowest BCUT2D eigenvalue weighted by atomic mass is 9.98. The Hall–Kier alpha value is -0.570. The van der Waals surface area contributed by atoms with Crippen molar-refractivity contribution in [2.75, 3.05) is 13.7 Å². The van der Waals surface area contributed by atoms with Crippen molar-refractivity contribution in [1.29, 1.82) is 0 Å². The second-order valence-corrected chi connectivity index (χ2v) is 5.20. The predicted octanol–water partition coefficient (Wildman–Crippen LogP) is 2.84. The van der Waals surface area contributed by atoms with Crippen LogP contribution in [0.25, 0.3) is 0 Å². The molecule has 1 saturated heterocycles. The number of rotatable bonds is 4. The first-order valence-corrected chi connectivity index (χ1v) is 6.95. The first-order valence-electron chi connectivity index (χ1n) is 6.95. The predicted molar refractivity (Wildman–Crippen MR) is 69.9 cm³/mol. The molecule has 0 amide bonds. The van der Waals surface area contributed by atoms with E-state index in [1.807, 2.05) is 6.92 Å². The molecule has 0 aromatic carbocycles. The van der Waals surface area contributed by atoms with Crippen molar-refractivity contribution in [2.45, 2.75) is 65.0 Å². The van der Waals surface area contributed by atoms with E-state index in [1.54, 1.807) is 0 Å². The number of esters is 1. The van der Waals surface area contributed by atoms with E-state index in [2.05, 4.69) is 18.7 Å². The molecule has 0 spiro atoms. The molecule has 1 aliphatic heterocycles. The Morgan fingerprint density at radius 1 is 1.35 bits per heavy atom. The van der Waals surface area contributed by atoms with Crippen LogP contribution in [0.15, 0.2) is 0 Å². The normalized spacial score (nSPS) is 26.0. The van der Waals surface area contributed by atoms with Crippen LogP contribution < -0.4 is 0 Å². The molecule has 1 aliphatic rings. The Morgan fingerprint density at radius 2 is 2.06 bits per heavy atom. The van der Waals surface area contributed by atoms with Gasteiger partial charge in [0.15, 0.2) is 0 Å². The molecule has 3 unspecified atom stereocenters. The summed E-state index contributed by atoms with van der Waals surface area (Å²) >= 11 is 0. The van der Waals surface area contributed by atoms with Gasteiger partial charge in [0.1, 0.15) is 0 Å². The number of hydrogen-bond acceptors (Lipinski definition) is 3. The van der Waals surface area contributed by atoms with Gasteiger partial charge in [-0.05, 0) is 32.7 Å². The molecular weight excluding hydrogens is 214 g/mol. The summed E-state index contributed by atoms with van der Waals surface area (Å²) in [6.07, 6.45) is 6.36. The Balaban J connectivity index is 2.69. The summed E-state index contributed by atoms with van der Waals surface area (Å²) < 4.78 is 4.86. The van der Waals surface area contributed by atoms with Crippen molar-refractivity contribution >= 4 is 5.97 Å². The average Bonchev–Trinajstić information content (AvgIpc) is 2.60. The summed E-state index contributed by atoms with van der Waals surface area (Å²) in [6, 6.07) is 0.921. The largest absolute Gasteiger partial charge is 0.469 e. The first-order chi connectivity index (χ1) is 8.11. The molecule has 0 N–H and O–H groups in total. The zero-order valence-corrected chi connectivity index (χ0v) is 11.7. The minimum absolute atomic E-state index is 0.0350. The highest BCUT2D eigenvalue weighted by atomic mass is 16.5. The second-order valence-electron chi connectivity index (χ2n) is 5.20. The van der Waals surface area contributed by atoms with Gasteiger partial charge in [-0.25, -0.2) is 0 Å². The standard InChI is InChI=1S/C14H27NO2/c1-5-13-9-7-6-8-10-15(13)12(3)11(2)14(16)17-4/h11-13H,5-10H2,1-4H3. The molecule has 3 heteroatoms. The van der Waals surface area contributed by atoms with Gasteiger partial charge in [0, 0.05) is 12.1 Å². The van der Waals surface area contributed by atoms with Gasteiger partial charge in [-0.15, -0.1) is 0 Å². The van der Waals surface area contributed by atoms with E-state index in [-0.39, 0.29) is 17.9 Å². The summed E-state index contributed by atoms with van der Waals surface area (Å²) in [5.41, 5.74) is 0. The summed E-state index contributed by atoms with van der Waals surface area (Å²) in [7, 11) is 1.48. The van der Waals surface area contributed by atoms with Crippen LogP contribution in [-0.2, 0) is 9.53 Å². The number of hydrogen-bond donors (Lipinski definition) is 0. The third kappa shape index (κ3) is 3.70. The third-order valence-electron chi connectivity index (χ3n) is 4.21. The average molecular weight is 241 g/mol. The number of likely N-dealkylation sites (tertiary alicyclic amines) is 1. The Morgan fingerprint density at radius 3 is 2.65 bits per heavy atom. The monoisotopic (exact) mass is 241 g/mol. The van der Waals surface area contributed by atoms with E-state index < -0.39 is 0 Å². The lowest BCUT2D eigenvalue weighted by Gasteiger charge is -2.37. The number of carbonyl (C=O) groups is 1. The smallest absolute Gasteiger partial charge is 0.309 e. The maximum absolute atomic E-state index is 11.6. The molecule has 0 radical (unpaired) electrons. The summed E-state index contributed by atoms with van der Waals surface area (Å²) in [5.74, 6) is -0.122. The molecule has 3 nitrogen and oxygen atoms in total. The molecule has 3 atom stereocenters. The molecule has 1 rings (SSSR count). The van der Waals surface area contributed by atoms with Crippen molar-refractivity contribution in [2.24, 2.45) is 5.92 Å². The van der Waals surface area contributed by atoms with Gasteiger partial charge in [-0.1, -0.05) is 26.7 Å². The summed E-state index contributed by atoms with van der Waals surface area (Å²) in [4.78, 5) is 14.2. The fraction of sp³-hybridized carbons (Fsp3) is 0.929. The van der Waals surface area contributed by atoms with E-state index >= 15 is 0 Å². The highest BCUT2D eigenvalue weighted by Gasteiger charge is 2.30. The zero-order chi connectivity index (χ0) is 12.8. The topological polar surface area (TPSA) is 29.5 Å². The minimum atomic E-state index is -0.0865. The van der Waals surface area contributed by atoms with Crippen molar-refractivity contribution in [1.82, 2.24) is 4.90 Å². The fourth-order valence-corrected chi connectivity index (χ4v) is 2.84. The van der Waals surface area contributed by atoms with Crippen molar-refractivity contribution in [3.8, 4) is 0 Å².